The predicted molar refractivity (Wildman–Crippen MR) is 108 cm³/mol. The summed E-state index contributed by atoms with van der Waals surface area (Å²) in [5.41, 5.74) is 3.04. The summed E-state index contributed by atoms with van der Waals surface area (Å²) in [4.78, 5) is 17.8. The predicted octanol–water partition coefficient (Wildman–Crippen LogP) is 3.69. The molecule has 1 aromatic heterocycles. The van der Waals surface area contributed by atoms with Crippen molar-refractivity contribution in [3.8, 4) is 0 Å². The number of rotatable bonds is 5. The van der Waals surface area contributed by atoms with Crippen LogP contribution in [-0.4, -0.2) is 24.0 Å². The minimum atomic E-state index is -0.0236. The third-order valence-electron chi connectivity index (χ3n) is 4.31. The lowest BCUT2D eigenvalue weighted by molar-refractivity contribution is 0.0951. The molecule has 1 aromatic carbocycles. The number of amides is 1. The zero-order valence-corrected chi connectivity index (χ0v) is 17.0. The Kier molecular flexibility index (Phi) is 8.86. The van der Waals surface area contributed by atoms with Crippen LogP contribution in [0.2, 0.25) is 0 Å². The Balaban J connectivity index is 0.00000156. The maximum Gasteiger partial charge on any atom is 0.251 e. The Bertz CT molecular complexity index is 682. The van der Waals surface area contributed by atoms with Crippen molar-refractivity contribution in [1.29, 1.82) is 0 Å². The molecule has 0 bridgehead atoms. The van der Waals surface area contributed by atoms with Crippen molar-refractivity contribution in [3.63, 3.8) is 0 Å². The van der Waals surface area contributed by atoms with Crippen molar-refractivity contribution >= 4 is 42.1 Å². The third kappa shape index (κ3) is 5.96. The van der Waals surface area contributed by atoms with Crippen LogP contribution in [-0.2, 0) is 13.0 Å². The number of aryl methyl sites for hydroxylation is 2. The first kappa shape index (κ1) is 21.9. The van der Waals surface area contributed by atoms with Gasteiger partial charge in [-0.25, -0.2) is 4.98 Å². The van der Waals surface area contributed by atoms with E-state index in [1.165, 1.54) is 12.0 Å². The minimum absolute atomic E-state index is 0. The molecular formula is C18H25Cl2N3OS. The minimum Gasteiger partial charge on any atom is -0.347 e. The van der Waals surface area contributed by atoms with Crippen molar-refractivity contribution in [2.75, 3.05) is 13.1 Å². The molecule has 0 spiro atoms. The number of aromatic nitrogens is 1. The van der Waals surface area contributed by atoms with Crippen LogP contribution in [0.4, 0.5) is 0 Å². The molecule has 1 unspecified atom stereocenters. The van der Waals surface area contributed by atoms with Gasteiger partial charge in [0.05, 0.1) is 17.2 Å². The number of carbonyl (C=O) groups is 1. The summed E-state index contributed by atoms with van der Waals surface area (Å²) in [5, 5.41) is 7.42. The number of hydrogen-bond donors (Lipinski definition) is 2. The zero-order valence-electron chi connectivity index (χ0n) is 14.5. The second-order valence-electron chi connectivity index (χ2n) is 6.18. The molecule has 1 saturated heterocycles. The van der Waals surface area contributed by atoms with Gasteiger partial charge in [-0.15, -0.1) is 36.2 Å². The van der Waals surface area contributed by atoms with E-state index in [1.54, 1.807) is 11.3 Å². The molecule has 0 aliphatic carbocycles. The molecule has 3 rings (SSSR count). The fraction of sp³-hybridized carbons (Fsp3) is 0.444. The van der Waals surface area contributed by atoms with Crippen molar-refractivity contribution in [1.82, 2.24) is 15.6 Å². The quantitative estimate of drug-likeness (QED) is 0.802. The highest BCUT2D eigenvalue weighted by Gasteiger charge is 2.15. The van der Waals surface area contributed by atoms with Crippen LogP contribution in [0.15, 0.2) is 24.3 Å². The van der Waals surface area contributed by atoms with Crippen LogP contribution < -0.4 is 10.6 Å². The molecule has 1 aliphatic heterocycles. The van der Waals surface area contributed by atoms with E-state index in [4.69, 9.17) is 0 Å². The molecule has 138 valence electrons. The first-order valence-electron chi connectivity index (χ1n) is 8.12. The summed E-state index contributed by atoms with van der Waals surface area (Å²) in [5.74, 6) is 0.705. The molecule has 2 aromatic rings. The molecule has 2 heterocycles. The molecular weight excluding hydrogens is 377 g/mol. The smallest absolute Gasteiger partial charge is 0.251 e. The molecule has 0 radical (unpaired) electrons. The lowest BCUT2D eigenvalue weighted by Gasteiger charge is -2.09. The van der Waals surface area contributed by atoms with E-state index in [1.807, 2.05) is 26.0 Å². The van der Waals surface area contributed by atoms with Crippen molar-refractivity contribution < 1.29 is 4.79 Å². The number of benzene rings is 1. The van der Waals surface area contributed by atoms with Crippen molar-refractivity contribution in [3.05, 3.63) is 51.0 Å². The highest BCUT2D eigenvalue weighted by molar-refractivity contribution is 7.11. The van der Waals surface area contributed by atoms with Gasteiger partial charge in [-0.2, -0.15) is 0 Å². The van der Waals surface area contributed by atoms with Gasteiger partial charge in [0, 0.05) is 10.4 Å². The summed E-state index contributed by atoms with van der Waals surface area (Å²) in [6, 6.07) is 8.01. The van der Waals surface area contributed by atoms with Gasteiger partial charge >= 0.3 is 0 Å². The first-order chi connectivity index (χ1) is 11.1. The Hall–Kier alpha value is -1.14. The fourth-order valence-electron chi connectivity index (χ4n) is 3.01. The topological polar surface area (TPSA) is 54.0 Å². The van der Waals surface area contributed by atoms with Gasteiger partial charge in [-0.05, 0) is 63.4 Å². The molecule has 1 aliphatic rings. The summed E-state index contributed by atoms with van der Waals surface area (Å²) in [6.45, 7) is 6.75. The van der Waals surface area contributed by atoms with E-state index in [-0.39, 0.29) is 30.7 Å². The molecule has 0 saturated carbocycles. The van der Waals surface area contributed by atoms with E-state index in [9.17, 15) is 4.79 Å². The average Bonchev–Trinajstić information content (AvgIpc) is 3.15. The third-order valence-corrected chi connectivity index (χ3v) is 5.38. The van der Waals surface area contributed by atoms with Crippen LogP contribution in [0.1, 0.15) is 37.9 Å². The van der Waals surface area contributed by atoms with Crippen LogP contribution in [0.25, 0.3) is 0 Å². The van der Waals surface area contributed by atoms with Crippen LogP contribution >= 0.6 is 36.2 Å². The first-order valence-corrected chi connectivity index (χ1v) is 8.94. The molecule has 25 heavy (non-hydrogen) atoms. The number of nitrogens with one attached hydrogen (secondary N) is 2. The average molecular weight is 402 g/mol. The number of thiazole rings is 1. The highest BCUT2D eigenvalue weighted by atomic mass is 35.5. The van der Waals surface area contributed by atoms with Gasteiger partial charge < -0.3 is 10.6 Å². The van der Waals surface area contributed by atoms with Gasteiger partial charge in [0.15, 0.2) is 0 Å². The molecule has 7 heteroatoms. The normalized spacial score (nSPS) is 16.0. The SMILES string of the molecule is Cc1nc(C)c(CNC(=O)c2ccc(CC3CCNC3)cc2)s1.Cl.Cl. The number of halogens is 2. The highest BCUT2D eigenvalue weighted by Crippen LogP contribution is 2.18. The van der Waals surface area contributed by atoms with E-state index in [0.717, 1.165) is 46.6 Å². The van der Waals surface area contributed by atoms with E-state index in [2.05, 4.69) is 27.8 Å². The van der Waals surface area contributed by atoms with Gasteiger partial charge in [0.1, 0.15) is 0 Å². The monoisotopic (exact) mass is 401 g/mol. The van der Waals surface area contributed by atoms with Gasteiger partial charge in [-0.3, -0.25) is 4.79 Å². The number of carbonyl (C=O) groups excluding carboxylic acids is 1. The second kappa shape index (κ2) is 10.1. The van der Waals surface area contributed by atoms with Gasteiger partial charge in [0.2, 0.25) is 0 Å². The largest absolute Gasteiger partial charge is 0.347 e. The maximum absolute atomic E-state index is 12.3. The Labute approximate surface area is 165 Å². The van der Waals surface area contributed by atoms with Crippen molar-refractivity contribution in [2.24, 2.45) is 5.92 Å². The molecule has 1 amide bonds. The maximum atomic E-state index is 12.3. The lowest BCUT2D eigenvalue weighted by atomic mass is 9.98. The van der Waals surface area contributed by atoms with Crippen LogP contribution in [0, 0.1) is 19.8 Å². The van der Waals surface area contributed by atoms with Crippen LogP contribution in [0.5, 0.6) is 0 Å². The van der Waals surface area contributed by atoms with Crippen LogP contribution in [0.3, 0.4) is 0 Å². The second-order valence-corrected chi connectivity index (χ2v) is 7.47. The molecule has 4 nitrogen and oxygen atoms in total. The van der Waals surface area contributed by atoms with Gasteiger partial charge in [0.25, 0.3) is 5.91 Å². The molecule has 1 atom stereocenters. The Morgan fingerprint density at radius 2 is 2.00 bits per heavy atom. The summed E-state index contributed by atoms with van der Waals surface area (Å²) in [6.07, 6.45) is 2.34. The van der Waals surface area contributed by atoms with E-state index >= 15 is 0 Å². The lowest BCUT2D eigenvalue weighted by Crippen LogP contribution is -2.22. The van der Waals surface area contributed by atoms with Gasteiger partial charge in [-0.1, -0.05) is 12.1 Å². The standard InChI is InChI=1S/C18H23N3OS.2ClH/c1-12-17(23-13(2)21-12)11-20-18(22)16-5-3-14(4-6-16)9-15-7-8-19-10-15;;/h3-6,15,19H,7-11H2,1-2H3,(H,20,22);2*1H. The fourth-order valence-corrected chi connectivity index (χ4v) is 3.89. The Morgan fingerprint density at radius 3 is 2.56 bits per heavy atom. The van der Waals surface area contributed by atoms with E-state index < -0.39 is 0 Å². The zero-order chi connectivity index (χ0) is 16.2. The summed E-state index contributed by atoms with van der Waals surface area (Å²) >= 11 is 1.64. The Morgan fingerprint density at radius 1 is 1.28 bits per heavy atom. The summed E-state index contributed by atoms with van der Waals surface area (Å²) in [7, 11) is 0. The number of hydrogen-bond acceptors (Lipinski definition) is 4. The molecule has 1 fully saturated rings. The van der Waals surface area contributed by atoms with Crippen molar-refractivity contribution in [2.45, 2.75) is 33.2 Å². The number of nitrogens with zero attached hydrogens (tertiary/aromatic N) is 1. The summed E-state index contributed by atoms with van der Waals surface area (Å²) < 4.78 is 0. The molecule has 2 N–H and O–H groups in total. The van der Waals surface area contributed by atoms with E-state index in [0.29, 0.717) is 6.54 Å².